The van der Waals surface area contributed by atoms with Crippen LogP contribution in [0.2, 0.25) is 0 Å². The van der Waals surface area contributed by atoms with Crippen LogP contribution in [0.4, 0.5) is 0 Å². The zero-order valence-corrected chi connectivity index (χ0v) is 14.6. The molecular formula is C20H24O4. The summed E-state index contributed by atoms with van der Waals surface area (Å²) in [5.74, 6) is 0.927. The molecule has 0 aliphatic carbocycles. The SMILES string of the molecule is CCCOc1ccc(C(=O)c2ccc(OC(C)(C)C)cc2O)cc1. The van der Waals surface area contributed by atoms with E-state index in [-0.39, 0.29) is 22.7 Å². The van der Waals surface area contributed by atoms with E-state index in [0.717, 1.165) is 12.2 Å². The van der Waals surface area contributed by atoms with Gasteiger partial charge in [-0.1, -0.05) is 6.92 Å². The molecule has 0 aromatic heterocycles. The van der Waals surface area contributed by atoms with E-state index in [0.29, 0.717) is 17.9 Å². The van der Waals surface area contributed by atoms with Crippen molar-refractivity contribution in [2.45, 2.75) is 39.7 Å². The van der Waals surface area contributed by atoms with Gasteiger partial charge in [0.25, 0.3) is 0 Å². The van der Waals surface area contributed by atoms with Crippen LogP contribution >= 0.6 is 0 Å². The maximum atomic E-state index is 12.5. The summed E-state index contributed by atoms with van der Waals surface area (Å²) < 4.78 is 11.2. The number of ether oxygens (including phenoxy) is 2. The highest BCUT2D eigenvalue weighted by Gasteiger charge is 2.17. The molecule has 0 spiro atoms. The zero-order valence-electron chi connectivity index (χ0n) is 14.6. The number of aromatic hydroxyl groups is 1. The van der Waals surface area contributed by atoms with E-state index < -0.39 is 0 Å². The first-order valence-electron chi connectivity index (χ1n) is 8.10. The number of carbonyl (C=O) groups excluding carboxylic acids is 1. The number of hydrogen-bond donors (Lipinski definition) is 1. The van der Waals surface area contributed by atoms with Gasteiger partial charge in [-0.25, -0.2) is 0 Å². The van der Waals surface area contributed by atoms with Crippen molar-refractivity contribution in [1.82, 2.24) is 0 Å². The quantitative estimate of drug-likeness (QED) is 0.788. The van der Waals surface area contributed by atoms with Crippen molar-refractivity contribution in [3.63, 3.8) is 0 Å². The normalized spacial score (nSPS) is 11.2. The van der Waals surface area contributed by atoms with Crippen LogP contribution in [0.5, 0.6) is 17.2 Å². The van der Waals surface area contributed by atoms with Gasteiger partial charge in [0.05, 0.1) is 12.2 Å². The fourth-order valence-electron chi connectivity index (χ4n) is 2.20. The van der Waals surface area contributed by atoms with Crippen LogP contribution in [-0.4, -0.2) is 23.1 Å². The lowest BCUT2D eigenvalue weighted by Crippen LogP contribution is -2.22. The molecule has 0 aliphatic rings. The van der Waals surface area contributed by atoms with E-state index in [1.807, 2.05) is 27.7 Å². The molecule has 0 saturated heterocycles. The Bertz CT molecular complexity index is 697. The zero-order chi connectivity index (χ0) is 17.7. The number of rotatable bonds is 6. The first-order valence-corrected chi connectivity index (χ1v) is 8.10. The van der Waals surface area contributed by atoms with Gasteiger partial charge in [-0.05, 0) is 63.6 Å². The number of benzene rings is 2. The number of phenols is 1. The summed E-state index contributed by atoms with van der Waals surface area (Å²) in [6, 6.07) is 11.7. The molecule has 24 heavy (non-hydrogen) atoms. The largest absolute Gasteiger partial charge is 0.507 e. The first kappa shape index (κ1) is 17.9. The molecule has 2 aromatic rings. The van der Waals surface area contributed by atoms with Gasteiger partial charge in [0.15, 0.2) is 5.78 Å². The summed E-state index contributed by atoms with van der Waals surface area (Å²) in [6.45, 7) is 8.44. The highest BCUT2D eigenvalue weighted by Crippen LogP contribution is 2.28. The molecule has 2 aromatic carbocycles. The van der Waals surface area contributed by atoms with Crippen LogP contribution in [0.15, 0.2) is 42.5 Å². The van der Waals surface area contributed by atoms with Crippen LogP contribution in [-0.2, 0) is 0 Å². The maximum Gasteiger partial charge on any atom is 0.196 e. The average Bonchev–Trinajstić information content (AvgIpc) is 2.51. The standard InChI is InChI=1S/C20H24O4/c1-5-12-23-15-8-6-14(7-9-15)19(22)17-11-10-16(13-18(17)21)24-20(2,3)4/h6-11,13,21H,5,12H2,1-4H3. The topological polar surface area (TPSA) is 55.8 Å². The molecule has 128 valence electrons. The lowest BCUT2D eigenvalue weighted by atomic mass is 10.0. The van der Waals surface area contributed by atoms with E-state index in [1.165, 1.54) is 6.07 Å². The molecule has 0 heterocycles. The van der Waals surface area contributed by atoms with Gasteiger partial charge in [0.1, 0.15) is 22.8 Å². The van der Waals surface area contributed by atoms with E-state index in [1.54, 1.807) is 36.4 Å². The number of hydrogen-bond acceptors (Lipinski definition) is 4. The number of ketones is 1. The van der Waals surface area contributed by atoms with E-state index >= 15 is 0 Å². The second-order valence-electron chi connectivity index (χ2n) is 6.60. The predicted octanol–water partition coefficient (Wildman–Crippen LogP) is 4.59. The summed E-state index contributed by atoms with van der Waals surface area (Å²) in [7, 11) is 0. The van der Waals surface area contributed by atoms with Gasteiger partial charge < -0.3 is 14.6 Å². The Morgan fingerprint density at radius 3 is 2.21 bits per heavy atom. The van der Waals surface area contributed by atoms with E-state index in [9.17, 15) is 9.90 Å². The fraction of sp³-hybridized carbons (Fsp3) is 0.350. The molecule has 0 amide bonds. The third kappa shape index (κ3) is 4.75. The van der Waals surface area contributed by atoms with Crippen LogP contribution < -0.4 is 9.47 Å². The third-order valence-electron chi connectivity index (χ3n) is 3.23. The molecule has 0 fully saturated rings. The van der Waals surface area contributed by atoms with Crippen molar-refractivity contribution < 1.29 is 19.4 Å². The Balaban J connectivity index is 2.17. The van der Waals surface area contributed by atoms with Crippen molar-refractivity contribution in [2.75, 3.05) is 6.61 Å². The lowest BCUT2D eigenvalue weighted by molar-refractivity contribution is 0.103. The monoisotopic (exact) mass is 328 g/mol. The van der Waals surface area contributed by atoms with Crippen LogP contribution in [0.25, 0.3) is 0 Å². The van der Waals surface area contributed by atoms with Crippen LogP contribution in [0.3, 0.4) is 0 Å². The Morgan fingerprint density at radius 2 is 1.67 bits per heavy atom. The fourth-order valence-corrected chi connectivity index (χ4v) is 2.20. The van der Waals surface area contributed by atoms with Gasteiger partial charge in [-0.3, -0.25) is 4.79 Å². The second kappa shape index (κ2) is 7.39. The van der Waals surface area contributed by atoms with Gasteiger partial charge in [0.2, 0.25) is 0 Å². The van der Waals surface area contributed by atoms with Crippen molar-refractivity contribution in [2.24, 2.45) is 0 Å². The number of phenolic OH excluding ortho intramolecular Hbond substituents is 1. The Kier molecular flexibility index (Phi) is 5.50. The molecule has 0 saturated carbocycles. The smallest absolute Gasteiger partial charge is 0.196 e. The summed E-state index contributed by atoms with van der Waals surface area (Å²) in [5.41, 5.74) is 0.379. The average molecular weight is 328 g/mol. The minimum Gasteiger partial charge on any atom is -0.507 e. The molecule has 2 rings (SSSR count). The maximum absolute atomic E-state index is 12.5. The van der Waals surface area contributed by atoms with Crippen molar-refractivity contribution in [3.05, 3.63) is 53.6 Å². The van der Waals surface area contributed by atoms with Gasteiger partial charge in [0, 0.05) is 11.6 Å². The Morgan fingerprint density at radius 1 is 1.04 bits per heavy atom. The second-order valence-corrected chi connectivity index (χ2v) is 6.60. The van der Waals surface area contributed by atoms with Crippen molar-refractivity contribution in [3.8, 4) is 17.2 Å². The van der Waals surface area contributed by atoms with Gasteiger partial charge in [-0.15, -0.1) is 0 Å². The van der Waals surface area contributed by atoms with Gasteiger partial charge in [-0.2, -0.15) is 0 Å². The van der Waals surface area contributed by atoms with Crippen LogP contribution in [0.1, 0.15) is 50.0 Å². The molecule has 4 heteroatoms. The molecular weight excluding hydrogens is 304 g/mol. The molecule has 0 radical (unpaired) electrons. The highest BCUT2D eigenvalue weighted by molar-refractivity contribution is 6.10. The summed E-state index contributed by atoms with van der Waals surface area (Å²) in [6.07, 6.45) is 0.928. The third-order valence-corrected chi connectivity index (χ3v) is 3.23. The minimum absolute atomic E-state index is 0.0898. The highest BCUT2D eigenvalue weighted by atomic mass is 16.5. The first-order chi connectivity index (χ1) is 11.3. The van der Waals surface area contributed by atoms with Crippen molar-refractivity contribution in [1.29, 1.82) is 0 Å². The lowest BCUT2D eigenvalue weighted by Gasteiger charge is -2.21. The van der Waals surface area contributed by atoms with Crippen molar-refractivity contribution >= 4 is 5.78 Å². The predicted molar refractivity (Wildman–Crippen MR) is 94.1 cm³/mol. The molecule has 1 N–H and O–H groups in total. The van der Waals surface area contributed by atoms with E-state index in [2.05, 4.69) is 0 Å². The van der Waals surface area contributed by atoms with E-state index in [4.69, 9.17) is 9.47 Å². The Labute approximate surface area is 143 Å². The molecule has 0 atom stereocenters. The summed E-state index contributed by atoms with van der Waals surface area (Å²) in [4.78, 5) is 12.5. The molecule has 0 bridgehead atoms. The minimum atomic E-state index is -0.369. The van der Waals surface area contributed by atoms with Gasteiger partial charge >= 0.3 is 0 Å². The molecule has 0 unspecified atom stereocenters. The summed E-state index contributed by atoms with van der Waals surface area (Å²) >= 11 is 0. The molecule has 4 nitrogen and oxygen atoms in total. The molecule has 0 aliphatic heterocycles. The number of carbonyl (C=O) groups is 1. The Hall–Kier alpha value is -2.49. The summed E-state index contributed by atoms with van der Waals surface area (Å²) in [5, 5.41) is 10.2. The van der Waals surface area contributed by atoms with Crippen LogP contribution in [0, 0.1) is 0 Å².